The SMILES string of the molecule is CC1C(O)CC2C(C(=O)O)=COC(OC3OC(COC(=O)c4ccccc4)C(O)C(O)C3O)C21. The third-order valence-corrected chi connectivity index (χ3v) is 6.79. The summed E-state index contributed by atoms with van der Waals surface area (Å²) in [6, 6.07) is 8.17. The number of rotatable bonds is 6. The van der Waals surface area contributed by atoms with Crippen molar-refractivity contribution >= 4 is 11.9 Å². The monoisotopic (exact) mass is 480 g/mol. The van der Waals surface area contributed by atoms with Crippen LogP contribution in [-0.4, -0.2) is 87.2 Å². The zero-order chi connectivity index (χ0) is 24.6. The van der Waals surface area contributed by atoms with Crippen LogP contribution < -0.4 is 0 Å². The van der Waals surface area contributed by atoms with Gasteiger partial charge < -0.3 is 44.5 Å². The van der Waals surface area contributed by atoms with Crippen LogP contribution in [0.5, 0.6) is 0 Å². The van der Waals surface area contributed by atoms with Gasteiger partial charge in [0.15, 0.2) is 6.29 Å². The van der Waals surface area contributed by atoms with Gasteiger partial charge in [0.05, 0.1) is 23.5 Å². The molecule has 0 spiro atoms. The first kappa shape index (κ1) is 24.6. The number of fused-ring (bicyclic) bond motifs is 1. The lowest BCUT2D eigenvalue weighted by molar-refractivity contribution is -0.342. The van der Waals surface area contributed by atoms with Crippen LogP contribution in [0, 0.1) is 17.8 Å². The van der Waals surface area contributed by atoms with Crippen molar-refractivity contribution in [2.45, 2.75) is 56.4 Å². The second-order valence-corrected chi connectivity index (χ2v) is 8.84. The van der Waals surface area contributed by atoms with Crippen molar-refractivity contribution < 1.29 is 54.1 Å². The maximum atomic E-state index is 12.2. The molecule has 10 atom stereocenters. The second-order valence-electron chi connectivity index (χ2n) is 8.84. The lowest BCUT2D eigenvalue weighted by atomic mass is 9.83. The van der Waals surface area contributed by atoms with E-state index in [4.69, 9.17) is 18.9 Å². The molecule has 0 amide bonds. The van der Waals surface area contributed by atoms with Gasteiger partial charge in [-0.15, -0.1) is 0 Å². The fraction of sp³-hybridized carbons (Fsp3) is 0.565. The van der Waals surface area contributed by atoms with E-state index in [2.05, 4.69) is 0 Å². The van der Waals surface area contributed by atoms with Crippen LogP contribution in [0.25, 0.3) is 0 Å². The van der Waals surface area contributed by atoms with E-state index in [-0.39, 0.29) is 23.5 Å². The van der Waals surface area contributed by atoms with Crippen molar-refractivity contribution in [1.29, 1.82) is 0 Å². The first-order valence-corrected chi connectivity index (χ1v) is 11.0. The average Bonchev–Trinajstić information content (AvgIpc) is 3.13. The van der Waals surface area contributed by atoms with Gasteiger partial charge in [0.25, 0.3) is 0 Å². The summed E-state index contributed by atoms with van der Waals surface area (Å²) in [4.78, 5) is 23.8. The molecule has 5 N–H and O–H groups in total. The Hall–Kier alpha value is -2.54. The Morgan fingerprint density at radius 1 is 1.03 bits per heavy atom. The van der Waals surface area contributed by atoms with Crippen LogP contribution in [0.2, 0.25) is 0 Å². The van der Waals surface area contributed by atoms with Crippen molar-refractivity contribution in [3.05, 3.63) is 47.7 Å². The Labute approximate surface area is 195 Å². The molecule has 34 heavy (non-hydrogen) atoms. The first-order chi connectivity index (χ1) is 16.2. The first-order valence-electron chi connectivity index (χ1n) is 11.0. The topological polar surface area (TPSA) is 172 Å². The van der Waals surface area contributed by atoms with Gasteiger partial charge in [-0.2, -0.15) is 0 Å². The molecule has 1 saturated carbocycles. The number of aliphatic hydroxyl groups excluding tert-OH is 4. The molecule has 2 fully saturated rings. The van der Waals surface area contributed by atoms with Crippen LogP contribution in [0.1, 0.15) is 23.7 Å². The van der Waals surface area contributed by atoms with E-state index < -0.39 is 73.5 Å². The maximum absolute atomic E-state index is 12.2. The van der Waals surface area contributed by atoms with E-state index in [1.807, 2.05) is 0 Å². The van der Waals surface area contributed by atoms with Crippen LogP contribution in [0.15, 0.2) is 42.2 Å². The van der Waals surface area contributed by atoms with Gasteiger partial charge in [-0.1, -0.05) is 25.1 Å². The average molecular weight is 480 g/mol. The molecule has 1 aromatic rings. The summed E-state index contributed by atoms with van der Waals surface area (Å²) in [6.45, 7) is 1.32. The highest BCUT2D eigenvalue weighted by molar-refractivity contribution is 5.89. The highest BCUT2D eigenvalue weighted by Gasteiger charge is 2.53. The molecule has 11 nitrogen and oxygen atoms in total. The van der Waals surface area contributed by atoms with Gasteiger partial charge in [-0.05, 0) is 24.5 Å². The minimum absolute atomic E-state index is 0.0134. The molecule has 1 aromatic carbocycles. The fourth-order valence-corrected chi connectivity index (χ4v) is 4.79. The van der Waals surface area contributed by atoms with Gasteiger partial charge in [0, 0.05) is 11.8 Å². The maximum Gasteiger partial charge on any atom is 0.338 e. The van der Waals surface area contributed by atoms with Crippen molar-refractivity contribution in [2.24, 2.45) is 17.8 Å². The van der Waals surface area contributed by atoms with E-state index in [0.29, 0.717) is 0 Å². The van der Waals surface area contributed by atoms with Crippen LogP contribution in [0.4, 0.5) is 0 Å². The smallest absolute Gasteiger partial charge is 0.338 e. The number of hydrogen-bond acceptors (Lipinski definition) is 10. The molecule has 10 unspecified atom stereocenters. The van der Waals surface area contributed by atoms with Gasteiger partial charge in [-0.25, -0.2) is 9.59 Å². The van der Waals surface area contributed by atoms with Gasteiger partial charge in [0.2, 0.25) is 6.29 Å². The highest BCUT2D eigenvalue weighted by atomic mass is 16.8. The summed E-state index contributed by atoms with van der Waals surface area (Å²) < 4.78 is 22.1. The molecule has 4 rings (SSSR count). The normalized spacial score (nSPS) is 39.5. The molecular formula is C23H28O11. The summed E-state index contributed by atoms with van der Waals surface area (Å²) in [5.41, 5.74) is 0.303. The number of hydrogen-bond donors (Lipinski definition) is 5. The zero-order valence-electron chi connectivity index (χ0n) is 18.3. The van der Waals surface area contributed by atoms with Crippen LogP contribution in [-0.2, 0) is 23.7 Å². The molecule has 2 aliphatic heterocycles. The van der Waals surface area contributed by atoms with Crippen molar-refractivity contribution in [1.82, 2.24) is 0 Å². The molecule has 1 aliphatic carbocycles. The minimum Gasteiger partial charge on any atom is -0.478 e. The summed E-state index contributed by atoms with van der Waals surface area (Å²) in [5.74, 6) is -3.30. The number of ether oxygens (including phenoxy) is 4. The number of carbonyl (C=O) groups excluding carboxylic acids is 1. The second kappa shape index (κ2) is 9.98. The van der Waals surface area contributed by atoms with Crippen molar-refractivity contribution in [3.8, 4) is 0 Å². The number of aliphatic hydroxyl groups is 4. The van der Waals surface area contributed by atoms with E-state index >= 15 is 0 Å². The minimum atomic E-state index is -1.67. The van der Waals surface area contributed by atoms with Crippen LogP contribution >= 0.6 is 0 Å². The number of benzene rings is 1. The lowest BCUT2D eigenvalue weighted by Crippen LogP contribution is -2.60. The standard InChI is InChI=1S/C23H28O11/c1-10-14(24)7-12-13(20(28)29)8-32-22(16(10)12)34-23-19(27)18(26)17(25)15(33-23)9-31-21(30)11-5-3-2-4-6-11/h2-6,8,10,12,14-19,22-27H,7,9H2,1H3,(H,28,29). The summed E-state index contributed by atoms with van der Waals surface area (Å²) in [6.07, 6.45) is -8.19. The third kappa shape index (κ3) is 4.67. The summed E-state index contributed by atoms with van der Waals surface area (Å²) in [5, 5.41) is 50.8. The molecule has 0 radical (unpaired) electrons. The van der Waals surface area contributed by atoms with Gasteiger partial charge >= 0.3 is 11.9 Å². The van der Waals surface area contributed by atoms with Crippen LogP contribution in [0.3, 0.4) is 0 Å². The van der Waals surface area contributed by atoms with Crippen molar-refractivity contribution in [3.63, 3.8) is 0 Å². The van der Waals surface area contributed by atoms with Crippen molar-refractivity contribution in [2.75, 3.05) is 6.61 Å². The fourth-order valence-electron chi connectivity index (χ4n) is 4.79. The zero-order valence-corrected chi connectivity index (χ0v) is 18.3. The molecule has 1 saturated heterocycles. The van der Waals surface area contributed by atoms with E-state index in [1.165, 1.54) is 0 Å². The molecule has 3 aliphatic rings. The molecule has 186 valence electrons. The summed E-state index contributed by atoms with van der Waals surface area (Å²) >= 11 is 0. The third-order valence-electron chi connectivity index (χ3n) is 6.79. The quantitative estimate of drug-likeness (QED) is 0.336. The molecule has 0 bridgehead atoms. The number of esters is 1. The Bertz CT molecular complexity index is 919. The van der Waals surface area contributed by atoms with Gasteiger partial charge in [0.1, 0.15) is 31.0 Å². The Balaban J connectivity index is 1.45. The predicted molar refractivity (Wildman–Crippen MR) is 112 cm³/mol. The molecule has 0 aromatic heterocycles. The Kier molecular flexibility index (Phi) is 7.22. The number of carboxylic acids is 1. The number of carboxylic acid groups (broad SMARTS) is 1. The molecule has 2 heterocycles. The summed E-state index contributed by atoms with van der Waals surface area (Å²) in [7, 11) is 0. The largest absolute Gasteiger partial charge is 0.478 e. The lowest BCUT2D eigenvalue weighted by Gasteiger charge is -2.43. The number of aliphatic carboxylic acids is 1. The Morgan fingerprint density at radius 3 is 2.41 bits per heavy atom. The predicted octanol–water partition coefficient (Wildman–Crippen LogP) is -0.375. The number of carbonyl (C=O) groups is 2. The van der Waals surface area contributed by atoms with E-state index in [9.17, 15) is 35.1 Å². The van der Waals surface area contributed by atoms with E-state index in [1.54, 1.807) is 37.3 Å². The molecule has 11 heteroatoms. The molecular weight excluding hydrogens is 452 g/mol. The Morgan fingerprint density at radius 2 is 1.74 bits per heavy atom. The highest BCUT2D eigenvalue weighted by Crippen LogP contribution is 2.47. The van der Waals surface area contributed by atoms with E-state index in [0.717, 1.165) is 6.26 Å². The van der Waals surface area contributed by atoms with Gasteiger partial charge in [-0.3, -0.25) is 0 Å².